The second-order valence-corrected chi connectivity index (χ2v) is 6.38. The van der Waals surface area contributed by atoms with Crippen LogP contribution < -0.4 is 5.32 Å². The molecule has 0 aliphatic heterocycles. The summed E-state index contributed by atoms with van der Waals surface area (Å²) in [4.78, 5) is 12.1. The van der Waals surface area contributed by atoms with Crippen molar-refractivity contribution in [1.29, 1.82) is 0 Å². The van der Waals surface area contributed by atoms with E-state index in [1.165, 1.54) is 24.3 Å². The molecule has 0 radical (unpaired) electrons. The maximum Gasteiger partial charge on any atom is 0.221 e. The van der Waals surface area contributed by atoms with Gasteiger partial charge in [0.15, 0.2) is 0 Å². The lowest BCUT2D eigenvalue weighted by molar-refractivity contribution is -0.122. The lowest BCUT2D eigenvalue weighted by atomic mass is 9.96. The third-order valence-corrected chi connectivity index (χ3v) is 4.36. The summed E-state index contributed by atoms with van der Waals surface area (Å²) in [6.45, 7) is 2.24. The molecule has 4 nitrogen and oxygen atoms in total. The van der Waals surface area contributed by atoms with E-state index in [-0.39, 0.29) is 18.3 Å². The van der Waals surface area contributed by atoms with Crippen LogP contribution in [0.4, 0.5) is 4.39 Å². The Hall–Kier alpha value is -2.66. The zero-order chi connectivity index (χ0) is 17.9. The number of rotatable bonds is 6. The van der Waals surface area contributed by atoms with E-state index in [2.05, 4.69) is 5.32 Å². The maximum atomic E-state index is 13.0. The van der Waals surface area contributed by atoms with Gasteiger partial charge in [-0.05, 0) is 42.1 Å². The van der Waals surface area contributed by atoms with Crippen LogP contribution in [-0.2, 0) is 16.9 Å². The van der Waals surface area contributed by atoms with E-state index in [0.717, 1.165) is 10.9 Å². The van der Waals surface area contributed by atoms with Crippen LogP contribution in [0.5, 0.6) is 0 Å². The fraction of sp³-hybridized carbons (Fsp3) is 0.250. The van der Waals surface area contributed by atoms with Gasteiger partial charge in [0.1, 0.15) is 11.4 Å². The van der Waals surface area contributed by atoms with Gasteiger partial charge in [-0.1, -0.05) is 30.3 Å². The summed E-state index contributed by atoms with van der Waals surface area (Å²) in [5.74, 6) is -0.497. The number of para-hydroxylation sites is 1. The van der Waals surface area contributed by atoms with Crippen molar-refractivity contribution in [1.82, 2.24) is 9.88 Å². The van der Waals surface area contributed by atoms with Gasteiger partial charge in [-0.15, -0.1) is 0 Å². The van der Waals surface area contributed by atoms with Crippen molar-refractivity contribution < 1.29 is 14.3 Å². The lowest BCUT2D eigenvalue weighted by Crippen LogP contribution is -2.38. The molecule has 1 atom stereocenters. The molecular formula is C20H21FN2O2. The fourth-order valence-electron chi connectivity index (χ4n) is 2.83. The number of aromatic nitrogens is 1. The molecular weight excluding hydrogens is 319 g/mol. The van der Waals surface area contributed by atoms with Crippen molar-refractivity contribution in [2.45, 2.75) is 25.5 Å². The van der Waals surface area contributed by atoms with Crippen molar-refractivity contribution in [3.8, 4) is 0 Å². The number of aryl methyl sites for hydroxylation is 1. The number of nitrogens with one attached hydrogen (secondary N) is 1. The second-order valence-electron chi connectivity index (χ2n) is 6.38. The van der Waals surface area contributed by atoms with Crippen molar-refractivity contribution in [2.24, 2.45) is 0 Å². The number of halogens is 1. The van der Waals surface area contributed by atoms with Crippen molar-refractivity contribution in [3.05, 3.63) is 72.2 Å². The van der Waals surface area contributed by atoms with Gasteiger partial charge in [-0.2, -0.15) is 0 Å². The SMILES string of the molecule is CC(O)(CNC(=O)CCn1ccc2ccccc21)c1ccc(F)cc1. The fourth-order valence-corrected chi connectivity index (χ4v) is 2.83. The summed E-state index contributed by atoms with van der Waals surface area (Å²) in [6, 6.07) is 15.7. The summed E-state index contributed by atoms with van der Waals surface area (Å²) < 4.78 is 15.0. The van der Waals surface area contributed by atoms with E-state index in [1.54, 1.807) is 6.92 Å². The van der Waals surface area contributed by atoms with Gasteiger partial charge in [0.2, 0.25) is 5.91 Å². The molecule has 1 aromatic heterocycles. The number of hydrogen-bond acceptors (Lipinski definition) is 2. The molecule has 0 saturated carbocycles. The van der Waals surface area contributed by atoms with Crippen molar-refractivity contribution >= 4 is 16.8 Å². The quantitative estimate of drug-likeness (QED) is 0.724. The van der Waals surface area contributed by atoms with Crippen molar-refractivity contribution in [3.63, 3.8) is 0 Å². The summed E-state index contributed by atoms with van der Waals surface area (Å²) in [5.41, 5.74) is 0.406. The van der Waals surface area contributed by atoms with Crippen LogP contribution in [0.1, 0.15) is 18.9 Å². The molecule has 130 valence electrons. The molecule has 1 unspecified atom stereocenters. The summed E-state index contributed by atoms with van der Waals surface area (Å²) in [6.07, 6.45) is 2.28. The summed E-state index contributed by atoms with van der Waals surface area (Å²) in [5, 5.41) is 14.4. The Bertz CT molecular complexity index is 869. The monoisotopic (exact) mass is 340 g/mol. The van der Waals surface area contributed by atoms with E-state index >= 15 is 0 Å². The highest BCUT2D eigenvalue weighted by molar-refractivity contribution is 5.80. The third kappa shape index (κ3) is 4.06. The molecule has 0 aliphatic carbocycles. The molecule has 2 aromatic carbocycles. The zero-order valence-electron chi connectivity index (χ0n) is 14.1. The van der Waals surface area contributed by atoms with Gasteiger partial charge in [0.05, 0.1) is 6.54 Å². The molecule has 0 fully saturated rings. The Morgan fingerprint density at radius 3 is 2.64 bits per heavy atom. The first-order valence-electron chi connectivity index (χ1n) is 8.25. The largest absolute Gasteiger partial charge is 0.384 e. The standard InChI is InChI=1S/C20H21FN2O2/c1-20(25,16-6-8-17(21)9-7-16)14-22-19(24)11-13-23-12-10-15-4-2-3-5-18(15)23/h2-10,12,25H,11,13-14H2,1H3,(H,22,24). The first kappa shape index (κ1) is 17.2. The minimum Gasteiger partial charge on any atom is -0.384 e. The number of amides is 1. The Labute approximate surface area is 145 Å². The van der Waals surface area contributed by atoms with Gasteiger partial charge in [-0.25, -0.2) is 4.39 Å². The number of carbonyl (C=O) groups is 1. The number of aliphatic hydroxyl groups is 1. The van der Waals surface area contributed by atoms with Gasteiger partial charge in [0.25, 0.3) is 0 Å². The molecule has 0 saturated heterocycles. The third-order valence-electron chi connectivity index (χ3n) is 4.36. The van der Waals surface area contributed by atoms with Gasteiger partial charge < -0.3 is 15.0 Å². The van der Waals surface area contributed by atoms with E-state index in [9.17, 15) is 14.3 Å². The molecule has 0 bridgehead atoms. The van der Waals surface area contributed by atoms with Crippen molar-refractivity contribution in [2.75, 3.05) is 6.54 Å². The molecule has 1 heterocycles. The number of fused-ring (bicyclic) bond motifs is 1. The predicted molar refractivity (Wildman–Crippen MR) is 95.5 cm³/mol. The highest BCUT2D eigenvalue weighted by atomic mass is 19.1. The Kier molecular flexibility index (Phi) is 4.86. The number of carbonyl (C=O) groups excluding carboxylic acids is 1. The molecule has 1 amide bonds. The summed E-state index contributed by atoms with van der Waals surface area (Å²) in [7, 11) is 0. The van der Waals surface area contributed by atoms with E-state index in [0.29, 0.717) is 18.5 Å². The van der Waals surface area contributed by atoms with Crippen LogP contribution >= 0.6 is 0 Å². The van der Waals surface area contributed by atoms with E-state index in [4.69, 9.17) is 0 Å². The lowest BCUT2D eigenvalue weighted by Gasteiger charge is -2.24. The Morgan fingerprint density at radius 2 is 1.88 bits per heavy atom. The minimum atomic E-state index is -1.25. The normalized spacial score (nSPS) is 13.6. The van der Waals surface area contributed by atoms with Crippen LogP contribution in [0.3, 0.4) is 0 Å². The molecule has 3 aromatic rings. The predicted octanol–water partition coefficient (Wildman–Crippen LogP) is 3.19. The van der Waals surface area contributed by atoms with Crippen LogP contribution in [0.2, 0.25) is 0 Å². The van der Waals surface area contributed by atoms with Crippen LogP contribution in [0.25, 0.3) is 10.9 Å². The molecule has 2 N–H and O–H groups in total. The van der Waals surface area contributed by atoms with Crippen LogP contribution in [-0.4, -0.2) is 22.1 Å². The molecule has 0 aliphatic rings. The average molecular weight is 340 g/mol. The number of benzene rings is 2. The first-order valence-corrected chi connectivity index (χ1v) is 8.25. The minimum absolute atomic E-state index is 0.0733. The number of nitrogens with zero attached hydrogens (tertiary/aromatic N) is 1. The Balaban J connectivity index is 1.55. The first-order chi connectivity index (χ1) is 12.0. The molecule has 25 heavy (non-hydrogen) atoms. The molecule has 5 heteroatoms. The van der Waals surface area contributed by atoms with Crippen LogP contribution in [0.15, 0.2) is 60.8 Å². The topological polar surface area (TPSA) is 54.3 Å². The molecule has 3 rings (SSSR count). The highest BCUT2D eigenvalue weighted by Crippen LogP contribution is 2.20. The highest BCUT2D eigenvalue weighted by Gasteiger charge is 2.23. The Morgan fingerprint density at radius 1 is 1.16 bits per heavy atom. The average Bonchev–Trinajstić information content (AvgIpc) is 3.02. The van der Waals surface area contributed by atoms with E-state index in [1.807, 2.05) is 41.1 Å². The number of hydrogen-bond donors (Lipinski definition) is 2. The maximum absolute atomic E-state index is 13.0. The van der Waals surface area contributed by atoms with Crippen LogP contribution in [0, 0.1) is 5.82 Å². The second kappa shape index (κ2) is 7.07. The zero-order valence-corrected chi connectivity index (χ0v) is 14.1. The smallest absolute Gasteiger partial charge is 0.221 e. The van der Waals surface area contributed by atoms with Gasteiger partial charge in [-0.3, -0.25) is 4.79 Å². The van der Waals surface area contributed by atoms with E-state index < -0.39 is 5.60 Å². The molecule has 0 spiro atoms. The van der Waals surface area contributed by atoms with Gasteiger partial charge in [0, 0.05) is 24.7 Å². The summed E-state index contributed by atoms with van der Waals surface area (Å²) >= 11 is 0. The van der Waals surface area contributed by atoms with Gasteiger partial charge >= 0.3 is 0 Å².